The quantitative estimate of drug-likeness (QED) is 0.821. The Kier molecular flexibility index (Phi) is 3.65. The van der Waals surface area contributed by atoms with Crippen LogP contribution in [-0.4, -0.2) is 22.2 Å². The molecule has 1 aromatic heterocycles. The van der Waals surface area contributed by atoms with E-state index in [1.807, 2.05) is 6.07 Å². The second-order valence-electron chi connectivity index (χ2n) is 5.86. The van der Waals surface area contributed by atoms with E-state index in [1.165, 1.54) is 0 Å². The van der Waals surface area contributed by atoms with Gasteiger partial charge in [-0.05, 0) is 56.1 Å². The third-order valence-corrected chi connectivity index (χ3v) is 3.94. The number of aromatic nitrogens is 1. The molecule has 2 heterocycles. The summed E-state index contributed by atoms with van der Waals surface area (Å²) in [6.07, 6.45) is 2.62. The van der Waals surface area contributed by atoms with Crippen molar-refractivity contribution in [1.29, 1.82) is 0 Å². The van der Waals surface area contributed by atoms with Gasteiger partial charge in [0.1, 0.15) is 0 Å². The van der Waals surface area contributed by atoms with Crippen LogP contribution in [0.4, 0.5) is 5.69 Å². The minimum Gasteiger partial charge on any atom is -0.377 e. The molecule has 0 bridgehead atoms. The molecule has 0 aromatic carbocycles. The largest absolute Gasteiger partial charge is 0.377 e. The third kappa shape index (κ3) is 2.98. The maximum Gasteiger partial charge on any atom is 0.152 e. The molecule has 1 aliphatic rings. The lowest BCUT2D eigenvalue weighted by Gasteiger charge is -2.28. The number of hydrogen-bond acceptors (Lipinski definition) is 3. The van der Waals surface area contributed by atoms with E-state index in [0.29, 0.717) is 5.15 Å². The first-order chi connectivity index (χ1) is 8.20. The molecule has 1 fully saturated rings. The summed E-state index contributed by atoms with van der Waals surface area (Å²) in [5.41, 5.74) is 0.493. The molecule has 1 saturated heterocycles. The van der Waals surface area contributed by atoms with Crippen LogP contribution in [0.5, 0.6) is 0 Å². The molecule has 1 atom stereocenters. The average Bonchev–Trinajstić information content (AvgIpc) is 2.40. The molecule has 1 aliphatic heterocycles. The van der Waals surface area contributed by atoms with Crippen LogP contribution in [-0.2, 0) is 4.74 Å². The standard InChI is InChI=1S/C13H18BrClN2O/c1-12(2)6-10(13(3,4)18-12)17-9-5-8(14)7-16-11(9)15/h5,7,10,17H,6H2,1-4H3. The van der Waals surface area contributed by atoms with E-state index in [9.17, 15) is 0 Å². The van der Waals surface area contributed by atoms with Crippen molar-refractivity contribution in [2.45, 2.75) is 51.4 Å². The Morgan fingerprint density at radius 3 is 2.67 bits per heavy atom. The van der Waals surface area contributed by atoms with Crippen molar-refractivity contribution in [1.82, 2.24) is 4.98 Å². The van der Waals surface area contributed by atoms with Crippen LogP contribution >= 0.6 is 27.5 Å². The number of ether oxygens (including phenoxy) is 1. The lowest BCUT2D eigenvalue weighted by atomic mass is 9.94. The highest BCUT2D eigenvalue weighted by molar-refractivity contribution is 9.10. The molecule has 1 unspecified atom stereocenters. The normalized spacial score (nSPS) is 25.1. The van der Waals surface area contributed by atoms with E-state index in [2.05, 4.69) is 53.9 Å². The van der Waals surface area contributed by atoms with Crippen molar-refractivity contribution >= 4 is 33.2 Å². The molecule has 1 N–H and O–H groups in total. The van der Waals surface area contributed by atoms with Crippen molar-refractivity contribution in [3.8, 4) is 0 Å². The van der Waals surface area contributed by atoms with E-state index >= 15 is 0 Å². The van der Waals surface area contributed by atoms with Crippen molar-refractivity contribution in [2.75, 3.05) is 5.32 Å². The summed E-state index contributed by atoms with van der Waals surface area (Å²) in [6, 6.07) is 2.15. The Bertz CT molecular complexity index is 462. The van der Waals surface area contributed by atoms with Crippen LogP contribution in [0.2, 0.25) is 5.15 Å². The van der Waals surface area contributed by atoms with Gasteiger partial charge in [-0.15, -0.1) is 0 Å². The molecule has 0 spiro atoms. The monoisotopic (exact) mass is 332 g/mol. The van der Waals surface area contributed by atoms with Gasteiger partial charge in [-0.25, -0.2) is 4.98 Å². The predicted octanol–water partition coefficient (Wildman–Crippen LogP) is 4.26. The van der Waals surface area contributed by atoms with Crippen LogP contribution in [0.25, 0.3) is 0 Å². The summed E-state index contributed by atoms with van der Waals surface area (Å²) in [7, 11) is 0. The maximum atomic E-state index is 6.10. The fourth-order valence-electron chi connectivity index (χ4n) is 2.50. The first kappa shape index (κ1) is 14.1. The SMILES string of the molecule is CC1(C)CC(Nc2cc(Br)cnc2Cl)C(C)(C)O1. The van der Waals surface area contributed by atoms with Gasteiger partial charge < -0.3 is 10.1 Å². The molecule has 0 amide bonds. The topological polar surface area (TPSA) is 34.2 Å². The second-order valence-corrected chi connectivity index (χ2v) is 7.13. The zero-order valence-electron chi connectivity index (χ0n) is 11.1. The van der Waals surface area contributed by atoms with Gasteiger partial charge >= 0.3 is 0 Å². The fourth-order valence-corrected chi connectivity index (χ4v) is 2.99. The molecule has 100 valence electrons. The van der Waals surface area contributed by atoms with Gasteiger partial charge in [0.05, 0.1) is 22.9 Å². The van der Waals surface area contributed by atoms with E-state index in [1.54, 1.807) is 6.20 Å². The van der Waals surface area contributed by atoms with Crippen LogP contribution in [0.15, 0.2) is 16.7 Å². The summed E-state index contributed by atoms with van der Waals surface area (Å²) in [5.74, 6) is 0. The zero-order valence-corrected chi connectivity index (χ0v) is 13.4. The minimum atomic E-state index is -0.227. The summed E-state index contributed by atoms with van der Waals surface area (Å²) in [5, 5.41) is 3.93. The first-order valence-electron chi connectivity index (χ1n) is 5.97. The number of nitrogens with zero attached hydrogens (tertiary/aromatic N) is 1. The van der Waals surface area contributed by atoms with E-state index in [0.717, 1.165) is 16.6 Å². The predicted molar refractivity (Wildman–Crippen MR) is 78.2 cm³/mol. The Balaban J connectivity index is 2.21. The van der Waals surface area contributed by atoms with Gasteiger partial charge in [-0.2, -0.15) is 0 Å². The van der Waals surface area contributed by atoms with Crippen molar-refractivity contribution < 1.29 is 4.74 Å². The lowest BCUT2D eigenvalue weighted by Crippen LogP contribution is -2.38. The second kappa shape index (κ2) is 4.66. The summed E-state index contributed by atoms with van der Waals surface area (Å²) >= 11 is 9.51. The van der Waals surface area contributed by atoms with Gasteiger partial charge in [0.25, 0.3) is 0 Å². The van der Waals surface area contributed by atoms with Gasteiger partial charge in [-0.1, -0.05) is 11.6 Å². The summed E-state index contributed by atoms with van der Waals surface area (Å²) < 4.78 is 6.96. The molecular weight excluding hydrogens is 316 g/mol. The molecule has 1 aromatic rings. The summed E-state index contributed by atoms with van der Waals surface area (Å²) in [4.78, 5) is 4.12. The van der Waals surface area contributed by atoms with Gasteiger partial charge in [-0.3, -0.25) is 0 Å². The number of rotatable bonds is 2. The van der Waals surface area contributed by atoms with Crippen LogP contribution in [0.3, 0.4) is 0 Å². The fraction of sp³-hybridized carbons (Fsp3) is 0.615. The Hall–Kier alpha value is -0.320. The van der Waals surface area contributed by atoms with Crippen molar-refractivity contribution in [3.63, 3.8) is 0 Å². The van der Waals surface area contributed by atoms with Gasteiger partial charge in [0, 0.05) is 10.7 Å². The first-order valence-corrected chi connectivity index (χ1v) is 7.14. The highest BCUT2D eigenvalue weighted by Crippen LogP contribution is 2.39. The molecule has 3 nitrogen and oxygen atoms in total. The third-order valence-electron chi connectivity index (χ3n) is 3.21. The minimum absolute atomic E-state index is 0.118. The van der Waals surface area contributed by atoms with Crippen LogP contribution in [0.1, 0.15) is 34.1 Å². The van der Waals surface area contributed by atoms with Crippen LogP contribution in [0, 0.1) is 0 Å². The average molecular weight is 334 g/mol. The molecule has 0 aliphatic carbocycles. The molecule has 0 saturated carbocycles. The zero-order chi connectivity index (χ0) is 13.6. The summed E-state index contributed by atoms with van der Waals surface area (Å²) in [6.45, 7) is 8.41. The van der Waals surface area contributed by atoms with Crippen molar-refractivity contribution in [2.24, 2.45) is 0 Å². The van der Waals surface area contributed by atoms with E-state index in [4.69, 9.17) is 16.3 Å². The van der Waals surface area contributed by atoms with Gasteiger partial charge in [0.15, 0.2) is 5.15 Å². The lowest BCUT2D eigenvalue weighted by molar-refractivity contribution is -0.0662. The Labute approximate surface area is 121 Å². The number of halogens is 2. The van der Waals surface area contributed by atoms with Crippen LogP contribution < -0.4 is 5.32 Å². The van der Waals surface area contributed by atoms with Crippen molar-refractivity contribution in [3.05, 3.63) is 21.9 Å². The number of hydrogen-bond donors (Lipinski definition) is 1. The van der Waals surface area contributed by atoms with Gasteiger partial charge in [0.2, 0.25) is 0 Å². The molecule has 0 radical (unpaired) electrons. The number of anilines is 1. The molecule has 2 rings (SSSR count). The number of pyridine rings is 1. The Morgan fingerprint density at radius 2 is 2.11 bits per heavy atom. The Morgan fingerprint density at radius 1 is 1.44 bits per heavy atom. The highest BCUT2D eigenvalue weighted by atomic mass is 79.9. The molecule has 5 heteroatoms. The highest BCUT2D eigenvalue weighted by Gasteiger charge is 2.45. The maximum absolute atomic E-state index is 6.10. The molecule has 18 heavy (non-hydrogen) atoms. The number of nitrogens with one attached hydrogen (secondary N) is 1. The molecular formula is C13H18BrClN2O. The van der Waals surface area contributed by atoms with E-state index in [-0.39, 0.29) is 17.2 Å². The smallest absolute Gasteiger partial charge is 0.152 e. The van der Waals surface area contributed by atoms with E-state index < -0.39 is 0 Å².